The molecule has 0 spiro atoms. The summed E-state index contributed by atoms with van der Waals surface area (Å²) in [6, 6.07) is 4.11. The van der Waals surface area contributed by atoms with E-state index >= 15 is 4.39 Å². The maximum Gasteiger partial charge on any atom is 0.414 e. The minimum atomic E-state index is -0.572. The molecule has 200 valence electrons. The number of ether oxygens (including phenoxy) is 1. The molecule has 3 atom stereocenters. The van der Waals surface area contributed by atoms with Crippen molar-refractivity contribution in [2.75, 3.05) is 54.8 Å². The first-order valence-electron chi connectivity index (χ1n) is 12.5. The van der Waals surface area contributed by atoms with Crippen LogP contribution in [0.1, 0.15) is 34.1 Å². The predicted octanol–water partition coefficient (Wildman–Crippen LogP) is 2.43. The molecular formula is C25H38FN5O4S. The third-order valence-corrected chi connectivity index (χ3v) is 7.62. The summed E-state index contributed by atoms with van der Waals surface area (Å²) in [6.45, 7) is 10.3. The molecule has 9 nitrogen and oxygen atoms in total. The van der Waals surface area contributed by atoms with Gasteiger partial charge in [0.15, 0.2) is 0 Å². The van der Waals surface area contributed by atoms with Crippen LogP contribution in [0.25, 0.3) is 0 Å². The molecule has 3 amide bonds. The summed E-state index contributed by atoms with van der Waals surface area (Å²) >= 11 is 1.73. The van der Waals surface area contributed by atoms with Crippen LogP contribution in [0.15, 0.2) is 18.2 Å². The second kappa shape index (κ2) is 12.6. The molecule has 0 saturated carbocycles. The van der Waals surface area contributed by atoms with Gasteiger partial charge in [0.2, 0.25) is 11.8 Å². The Morgan fingerprint density at radius 2 is 1.92 bits per heavy atom. The summed E-state index contributed by atoms with van der Waals surface area (Å²) in [7, 11) is 0. The molecule has 2 aliphatic heterocycles. The Balaban J connectivity index is 1.51. The van der Waals surface area contributed by atoms with Crippen molar-refractivity contribution in [3.8, 4) is 0 Å². The lowest BCUT2D eigenvalue weighted by molar-refractivity contribution is -0.132. The molecule has 2 saturated heterocycles. The first kappa shape index (κ1) is 28.0. The number of carbonyl (C=O) groups is 3. The maximum atomic E-state index is 15.0. The van der Waals surface area contributed by atoms with E-state index in [9.17, 15) is 14.4 Å². The number of thioether (sulfide) groups is 1. The van der Waals surface area contributed by atoms with Gasteiger partial charge in [0.1, 0.15) is 11.9 Å². The number of hydrogen-bond acceptors (Lipinski definition) is 7. The fourth-order valence-electron chi connectivity index (χ4n) is 4.49. The van der Waals surface area contributed by atoms with Crippen LogP contribution in [0, 0.1) is 11.7 Å². The lowest BCUT2D eigenvalue weighted by atomic mass is 10.1. The van der Waals surface area contributed by atoms with E-state index in [4.69, 9.17) is 10.5 Å². The molecule has 2 fully saturated rings. The SMILES string of the molecule is CC(=O)NC[C@H]1CN(c2ccc(N3CCN(C(=O)[C@H](N)CSC(C)CC(C)C)CC3)c(F)c2)C(=O)O1. The van der Waals surface area contributed by atoms with Crippen molar-refractivity contribution in [2.24, 2.45) is 11.7 Å². The van der Waals surface area contributed by atoms with Crippen molar-refractivity contribution in [2.45, 2.75) is 51.5 Å². The Labute approximate surface area is 216 Å². The molecule has 36 heavy (non-hydrogen) atoms. The van der Waals surface area contributed by atoms with Crippen molar-refractivity contribution in [3.05, 3.63) is 24.0 Å². The van der Waals surface area contributed by atoms with Gasteiger partial charge in [-0.3, -0.25) is 14.5 Å². The largest absolute Gasteiger partial charge is 0.442 e. The van der Waals surface area contributed by atoms with E-state index in [1.165, 1.54) is 17.9 Å². The monoisotopic (exact) mass is 523 g/mol. The van der Waals surface area contributed by atoms with Crippen molar-refractivity contribution < 1.29 is 23.5 Å². The molecule has 3 rings (SSSR count). The highest BCUT2D eigenvalue weighted by molar-refractivity contribution is 7.99. The number of rotatable bonds is 10. The average Bonchev–Trinajstić information content (AvgIpc) is 3.21. The minimum absolute atomic E-state index is 0.0592. The van der Waals surface area contributed by atoms with Gasteiger partial charge in [-0.2, -0.15) is 11.8 Å². The van der Waals surface area contributed by atoms with Gasteiger partial charge in [0.05, 0.1) is 30.5 Å². The summed E-state index contributed by atoms with van der Waals surface area (Å²) in [5.41, 5.74) is 7.00. The van der Waals surface area contributed by atoms with Gasteiger partial charge in [-0.25, -0.2) is 9.18 Å². The van der Waals surface area contributed by atoms with Crippen molar-refractivity contribution in [1.29, 1.82) is 0 Å². The first-order chi connectivity index (χ1) is 17.0. The van der Waals surface area contributed by atoms with E-state index in [0.717, 1.165) is 6.42 Å². The Hall–Kier alpha value is -2.53. The predicted molar refractivity (Wildman–Crippen MR) is 141 cm³/mol. The number of hydrogen-bond donors (Lipinski definition) is 2. The molecule has 1 unspecified atom stereocenters. The number of halogens is 1. The number of piperazine rings is 1. The van der Waals surface area contributed by atoms with Gasteiger partial charge in [0.25, 0.3) is 0 Å². The lowest BCUT2D eigenvalue weighted by Gasteiger charge is -2.37. The number of amides is 3. The van der Waals surface area contributed by atoms with Crippen LogP contribution in [0.3, 0.4) is 0 Å². The third kappa shape index (κ3) is 7.49. The van der Waals surface area contributed by atoms with Gasteiger partial charge < -0.3 is 25.6 Å². The quantitative estimate of drug-likeness (QED) is 0.485. The standard InChI is InChI=1S/C25H38FN5O4S/c1-16(2)11-17(3)36-15-22(27)24(33)30-9-7-29(8-10-30)23-6-5-19(12-21(23)26)31-14-20(35-25(31)34)13-28-18(4)32/h5-6,12,16-17,20,22H,7-11,13-15,27H2,1-4H3,(H,28,32)/t17?,20-,22+/m0/s1. The Kier molecular flexibility index (Phi) is 9.84. The number of benzene rings is 1. The van der Waals surface area contributed by atoms with Gasteiger partial charge >= 0.3 is 6.09 Å². The highest BCUT2D eigenvalue weighted by atomic mass is 32.2. The molecule has 0 radical (unpaired) electrons. The van der Waals surface area contributed by atoms with E-state index in [-0.39, 0.29) is 24.9 Å². The molecular weight excluding hydrogens is 485 g/mol. The van der Waals surface area contributed by atoms with Gasteiger partial charge in [0, 0.05) is 44.1 Å². The average molecular weight is 524 g/mol. The molecule has 0 bridgehead atoms. The van der Waals surface area contributed by atoms with Crippen molar-refractivity contribution >= 4 is 41.0 Å². The van der Waals surface area contributed by atoms with Crippen LogP contribution in [0.2, 0.25) is 0 Å². The number of carbonyl (C=O) groups excluding carboxylic acids is 3. The van der Waals surface area contributed by atoms with E-state index < -0.39 is 24.1 Å². The van der Waals surface area contributed by atoms with Crippen molar-refractivity contribution in [3.63, 3.8) is 0 Å². The summed E-state index contributed by atoms with van der Waals surface area (Å²) in [4.78, 5) is 41.1. The minimum Gasteiger partial charge on any atom is -0.442 e. The van der Waals surface area contributed by atoms with Crippen LogP contribution in [0.4, 0.5) is 20.6 Å². The van der Waals surface area contributed by atoms with E-state index in [1.54, 1.807) is 28.8 Å². The van der Waals surface area contributed by atoms with Crippen LogP contribution < -0.4 is 20.9 Å². The lowest BCUT2D eigenvalue weighted by Crippen LogP contribution is -2.54. The zero-order valence-electron chi connectivity index (χ0n) is 21.5. The molecule has 2 heterocycles. The van der Waals surface area contributed by atoms with Crippen molar-refractivity contribution in [1.82, 2.24) is 10.2 Å². The number of anilines is 2. The third-order valence-electron chi connectivity index (χ3n) is 6.31. The molecule has 1 aromatic carbocycles. The molecule has 0 aliphatic carbocycles. The first-order valence-corrected chi connectivity index (χ1v) is 13.5. The van der Waals surface area contributed by atoms with Crippen LogP contribution in [0.5, 0.6) is 0 Å². The van der Waals surface area contributed by atoms with E-state index in [1.807, 2.05) is 4.90 Å². The second-order valence-corrected chi connectivity index (χ2v) is 11.4. The van der Waals surface area contributed by atoms with E-state index in [0.29, 0.717) is 54.5 Å². The van der Waals surface area contributed by atoms with Crippen LogP contribution in [-0.4, -0.2) is 85.2 Å². The second-order valence-electron chi connectivity index (χ2n) is 9.88. The summed E-state index contributed by atoms with van der Waals surface area (Å²) < 4.78 is 20.3. The molecule has 0 aromatic heterocycles. The van der Waals surface area contributed by atoms with Gasteiger partial charge in [-0.05, 0) is 30.5 Å². The molecule has 1 aromatic rings. The normalized spacial score (nSPS) is 19.9. The number of nitrogens with one attached hydrogen (secondary N) is 1. The highest BCUT2D eigenvalue weighted by Crippen LogP contribution is 2.29. The zero-order valence-corrected chi connectivity index (χ0v) is 22.4. The van der Waals surface area contributed by atoms with Crippen LogP contribution in [-0.2, 0) is 14.3 Å². The van der Waals surface area contributed by atoms with Gasteiger partial charge in [-0.15, -0.1) is 0 Å². The Morgan fingerprint density at radius 1 is 1.22 bits per heavy atom. The highest BCUT2D eigenvalue weighted by Gasteiger charge is 2.33. The summed E-state index contributed by atoms with van der Waals surface area (Å²) in [6.07, 6.45) is 0.0289. The molecule has 11 heteroatoms. The molecule has 3 N–H and O–H groups in total. The molecule has 2 aliphatic rings. The smallest absolute Gasteiger partial charge is 0.414 e. The zero-order chi connectivity index (χ0) is 26.4. The number of cyclic esters (lactones) is 1. The number of nitrogens with zero attached hydrogens (tertiary/aromatic N) is 3. The van der Waals surface area contributed by atoms with E-state index in [2.05, 4.69) is 26.1 Å². The van der Waals surface area contributed by atoms with Gasteiger partial charge in [-0.1, -0.05) is 20.8 Å². The van der Waals surface area contributed by atoms with Crippen LogP contribution >= 0.6 is 11.8 Å². The topological polar surface area (TPSA) is 108 Å². The maximum absolute atomic E-state index is 15.0. The Bertz CT molecular complexity index is 941. The fourth-order valence-corrected chi connectivity index (χ4v) is 5.69. The fraction of sp³-hybridized carbons (Fsp3) is 0.640. The summed E-state index contributed by atoms with van der Waals surface area (Å²) in [5, 5.41) is 3.08. The summed E-state index contributed by atoms with van der Waals surface area (Å²) in [5.74, 6) is 0.485. The number of nitrogens with two attached hydrogens (primary N) is 1. The Morgan fingerprint density at radius 3 is 2.53 bits per heavy atom.